The van der Waals surface area contributed by atoms with Crippen molar-refractivity contribution >= 4 is 27.9 Å². The highest BCUT2D eigenvalue weighted by Crippen LogP contribution is 2.26. The lowest BCUT2D eigenvalue weighted by molar-refractivity contribution is 0.0952. The standard InChI is InChI=1S/C22H27N3O4S/c1-5-6-15-9-14(4)24-22(27)19(15)12-23-21(26)18-10-16(30(28)29)11-20-17(18)7-8-25(20)13(2)3/h7-11,13H,5-6,12H2,1-4H3,(H,23,26)(H,24,27)(H,28,29). The Hall–Kier alpha value is -2.71. The second-order valence-corrected chi connectivity index (χ2v) is 8.66. The first kappa shape index (κ1) is 22.0. The van der Waals surface area contributed by atoms with Gasteiger partial charge < -0.3 is 19.4 Å². The molecule has 3 rings (SSSR count). The van der Waals surface area contributed by atoms with Crippen LogP contribution in [0.4, 0.5) is 0 Å². The molecular weight excluding hydrogens is 402 g/mol. The van der Waals surface area contributed by atoms with Crippen LogP contribution < -0.4 is 10.9 Å². The number of hydrogen-bond donors (Lipinski definition) is 3. The second kappa shape index (κ2) is 8.97. The van der Waals surface area contributed by atoms with Crippen LogP contribution in [0.25, 0.3) is 10.9 Å². The maximum absolute atomic E-state index is 13.0. The van der Waals surface area contributed by atoms with Crippen LogP contribution in [0.15, 0.2) is 40.2 Å². The van der Waals surface area contributed by atoms with E-state index in [0.29, 0.717) is 16.5 Å². The summed E-state index contributed by atoms with van der Waals surface area (Å²) in [4.78, 5) is 28.4. The third kappa shape index (κ3) is 4.39. The molecule has 1 atom stereocenters. The SMILES string of the molecule is CCCc1cc(C)[nH]c(=O)c1CNC(=O)c1cc(S(=O)O)cc2c1ccn2C(C)C. The fourth-order valence-electron chi connectivity index (χ4n) is 3.71. The van der Waals surface area contributed by atoms with Crippen molar-refractivity contribution in [1.82, 2.24) is 14.9 Å². The lowest BCUT2D eigenvalue weighted by atomic mass is 10.0. The van der Waals surface area contributed by atoms with E-state index in [1.165, 1.54) is 6.07 Å². The number of fused-ring (bicyclic) bond motifs is 1. The lowest BCUT2D eigenvalue weighted by Gasteiger charge is -2.13. The summed E-state index contributed by atoms with van der Waals surface area (Å²) in [6.45, 7) is 7.96. The van der Waals surface area contributed by atoms with Crippen LogP contribution in [0, 0.1) is 6.92 Å². The number of carbonyl (C=O) groups is 1. The first-order valence-corrected chi connectivity index (χ1v) is 11.1. The molecule has 2 aromatic heterocycles. The van der Waals surface area contributed by atoms with E-state index in [1.807, 2.05) is 50.6 Å². The van der Waals surface area contributed by atoms with Crippen molar-refractivity contribution in [2.45, 2.75) is 58.0 Å². The number of pyridine rings is 1. The molecule has 0 spiro atoms. The van der Waals surface area contributed by atoms with E-state index in [-0.39, 0.29) is 23.0 Å². The number of benzene rings is 1. The van der Waals surface area contributed by atoms with Gasteiger partial charge in [-0.3, -0.25) is 9.59 Å². The van der Waals surface area contributed by atoms with E-state index < -0.39 is 17.0 Å². The van der Waals surface area contributed by atoms with Crippen LogP contribution >= 0.6 is 0 Å². The molecule has 0 aliphatic rings. The molecule has 1 unspecified atom stereocenters. The van der Waals surface area contributed by atoms with Gasteiger partial charge in [-0.1, -0.05) is 13.3 Å². The maximum Gasteiger partial charge on any atom is 0.253 e. The van der Waals surface area contributed by atoms with Crippen LogP contribution in [0.2, 0.25) is 0 Å². The van der Waals surface area contributed by atoms with Crippen LogP contribution in [-0.4, -0.2) is 24.2 Å². The third-order valence-corrected chi connectivity index (χ3v) is 5.76. The van der Waals surface area contributed by atoms with Gasteiger partial charge in [0.25, 0.3) is 11.5 Å². The van der Waals surface area contributed by atoms with Crippen molar-refractivity contribution in [2.75, 3.05) is 0 Å². The Morgan fingerprint density at radius 3 is 2.67 bits per heavy atom. The predicted molar refractivity (Wildman–Crippen MR) is 118 cm³/mol. The summed E-state index contributed by atoms with van der Waals surface area (Å²) in [5, 5.41) is 3.52. The molecule has 0 fully saturated rings. The number of aryl methyl sites for hydroxylation is 2. The zero-order chi connectivity index (χ0) is 22.0. The van der Waals surface area contributed by atoms with Gasteiger partial charge in [0.15, 0.2) is 11.1 Å². The van der Waals surface area contributed by atoms with Gasteiger partial charge >= 0.3 is 0 Å². The van der Waals surface area contributed by atoms with Crippen molar-refractivity contribution in [1.29, 1.82) is 0 Å². The zero-order valence-electron chi connectivity index (χ0n) is 17.6. The van der Waals surface area contributed by atoms with Gasteiger partial charge in [-0.25, -0.2) is 4.21 Å². The van der Waals surface area contributed by atoms with E-state index in [9.17, 15) is 18.4 Å². The van der Waals surface area contributed by atoms with E-state index in [1.54, 1.807) is 6.07 Å². The molecule has 0 aliphatic carbocycles. The van der Waals surface area contributed by atoms with Crippen molar-refractivity contribution < 1.29 is 13.6 Å². The van der Waals surface area contributed by atoms with Crippen LogP contribution in [-0.2, 0) is 24.0 Å². The van der Waals surface area contributed by atoms with Crippen molar-refractivity contribution in [3.05, 3.63) is 63.2 Å². The predicted octanol–water partition coefficient (Wildman–Crippen LogP) is 3.68. The Bertz CT molecular complexity index is 1180. The summed E-state index contributed by atoms with van der Waals surface area (Å²) in [7, 11) is 0. The average molecular weight is 430 g/mol. The number of hydrogen-bond acceptors (Lipinski definition) is 3. The van der Waals surface area contributed by atoms with Gasteiger partial charge in [0, 0.05) is 41.0 Å². The van der Waals surface area contributed by atoms with E-state index in [2.05, 4.69) is 10.3 Å². The maximum atomic E-state index is 13.0. The molecule has 1 aromatic carbocycles. The average Bonchev–Trinajstić information content (AvgIpc) is 3.10. The highest BCUT2D eigenvalue weighted by molar-refractivity contribution is 7.79. The largest absolute Gasteiger partial charge is 0.348 e. The first-order valence-electron chi connectivity index (χ1n) is 9.98. The number of rotatable bonds is 7. The zero-order valence-corrected chi connectivity index (χ0v) is 18.4. The van der Waals surface area contributed by atoms with Gasteiger partial charge in [0.2, 0.25) is 0 Å². The normalized spacial score (nSPS) is 12.5. The number of nitrogens with one attached hydrogen (secondary N) is 2. The molecule has 0 saturated heterocycles. The minimum absolute atomic E-state index is 0.0859. The number of nitrogens with zero attached hydrogens (tertiary/aromatic N) is 1. The molecule has 3 N–H and O–H groups in total. The Balaban J connectivity index is 1.98. The van der Waals surface area contributed by atoms with Gasteiger partial charge in [-0.15, -0.1) is 0 Å². The number of carbonyl (C=O) groups excluding carboxylic acids is 1. The fraction of sp³-hybridized carbons (Fsp3) is 0.364. The van der Waals surface area contributed by atoms with Crippen LogP contribution in [0.1, 0.15) is 60.4 Å². The topological polar surface area (TPSA) is 104 Å². The Kier molecular flexibility index (Phi) is 6.58. The summed E-state index contributed by atoms with van der Waals surface area (Å²) in [5.74, 6) is -0.392. The van der Waals surface area contributed by atoms with Crippen molar-refractivity contribution in [2.24, 2.45) is 0 Å². The van der Waals surface area contributed by atoms with Gasteiger partial charge in [-0.05, 0) is 57.0 Å². The number of aromatic nitrogens is 2. The lowest BCUT2D eigenvalue weighted by Crippen LogP contribution is -2.28. The summed E-state index contributed by atoms with van der Waals surface area (Å²) in [6.07, 6.45) is 3.49. The molecule has 0 radical (unpaired) electrons. The smallest absolute Gasteiger partial charge is 0.253 e. The number of H-pyrrole nitrogens is 1. The van der Waals surface area contributed by atoms with E-state index in [0.717, 1.165) is 29.6 Å². The Morgan fingerprint density at radius 2 is 2.03 bits per heavy atom. The summed E-state index contributed by atoms with van der Waals surface area (Å²) < 4.78 is 23.3. The Labute approximate surface area is 177 Å². The molecule has 30 heavy (non-hydrogen) atoms. The summed E-state index contributed by atoms with van der Waals surface area (Å²) in [5.41, 5.74) is 3.06. The molecule has 7 nitrogen and oxygen atoms in total. The summed E-state index contributed by atoms with van der Waals surface area (Å²) >= 11 is -2.22. The molecule has 0 saturated carbocycles. The third-order valence-electron chi connectivity index (χ3n) is 5.12. The molecule has 0 aliphatic heterocycles. The van der Waals surface area contributed by atoms with Crippen LogP contribution in [0.5, 0.6) is 0 Å². The summed E-state index contributed by atoms with van der Waals surface area (Å²) in [6, 6.07) is 6.96. The highest BCUT2D eigenvalue weighted by Gasteiger charge is 2.18. The van der Waals surface area contributed by atoms with E-state index >= 15 is 0 Å². The molecule has 0 bridgehead atoms. The number of amides is 1. The van der Waals surface area contributed by atoms with E-state index in [4.69, 9.17) is 0 Å². The molecular formula is C22H27N3O4S. The van der Waals surface area contributed by atoms with Crippen molar-refractivity contribution in [3.63, 3.8) is 0 Å². The first-order chi connectivity index (χ1) is 14.2. The quantitative estimate of drug-likeness (QED) is 0.498. The monoisotopic (exact) mass is 429 g/mol. The van der Waals surface area contributed by atoms with Gasteiger partial charge in [-0.2, -0.15) is 0 Å². The van der Waals surface area contributed by atoms with Gasteiger partial charge in [0.05, 0.1) is 10.4 Å². The van der Waals surface area contributed by atoms with Crippen molar-refractivity contribution in [3.8, 4) is 0 Å². The molecule has 2 heterocycles. The van der Waals surface area contributed by atoms with Crippen LogP contribution in [0.3, 0.4) is 0 Å². The minimum atomic E-state index is -2.22. The molecule has 1 amide bonds. The molecule has 160 valence electrons. The van der Waals surface area contributed by atoms with Gasteiger partial charge in [0.1, 0.15) is 0 Å². The number of aromatic amines is 1. The minimum Gasteiger partial charge on any atom is -0.348 e. The Morgan fingerprint density at radius 1 is 1.30 bits per heavy atom. The fourth-order valence-corrected chi connectivity index (χ4v) is 4.14. The highest BCUT2D eigenvalue weighted by atomic mass is 32.2. The second-order valence-electron chi connectivity index (χ2n) is 7.69. The molecule has 8 heteroatoms. The molecule has 3 aromatic rings.